The third kappa shape index (κ3) is 5.65. The van der Waals surface area contributed by atoms with Gasteiger partial charge in [-0.05, 0) is 41.5 Å². The first-order valence-corrected chi connectivity index (χ1v) is 10.4. The fraction of sp³-hybridized carbons (Fsp3) is 0.182. The maximum atomic E-state index is 6.19. The molecule has 1 fully saturated rings. The molecule has 4 heterocycles. The van der Waals surface area contributed by atoms with Gasteiger partial charge in [0, 0.05) is 29.3 Å². The van der Waals surface area contributed by atoms with Gasteiger partial charge in [-0.2, -0.15) is 0 Å². The highest BCUT2D eigenvalue weighted by atomic mass is 79.9. The maximum absolute atomic E-state index is 6.19. The number of fused-ring (bicyclic) bond motifs is 1. The predicted molar refractivity (Wildman–Crippen MR) is 143 cm³/mol. The molecule has 0 unspecified atom stereocenters. The van der Waals surface area contributed by atoms with Crippen LogP contribution >= 0.6 is 53.2 Å². The molecule has 1 aliphatic heterocycles. The van der Waals surface area contributed by atoms with Crippen molar-refractivity contribution in [3.63, 3.8) is 0 Å². The number of pyridine rings is 2. The zero-order chi connectivity index (χ0) is 20.5. The summed E-state index contributed by atoms with van der Waals surface area (Å²) in [5.41, 5.74) is 10.4. The number of ether oxygens (including phenoxy) is 1. The third-order valence-corrected chi connectivity index (χ3v) is 5.64. The Hall–Kier alpha value is -2.23. The number of hydrogen-bond donors (Lipinski definition) is 1. The summed E-state index contributed by atoms with van der Waals surface area (Å²) < 4.78 is 6.41. The molecule has 0 spiro atoms. The molecule has 1 aliphatic rings. The first kappa shape index (κ1) is 27.0. The van der Waals surface area contributed by atoms with Crippen molar-refractivity contribution in [2.75, 3.05) is 36.9 Å². The first-order chi connectivity index (χ1) is 14.7. The number of morpholine rings is 1. The number of anilines is 2. The van der Waals surface area contributed by atoms with Crippen LogP contribution in [-0.2, 0) is 4.74 Å². The fourth-order valence-electron chi connectivity index (χ4n) is 3.64. The molecular formula is C22H22BrCl3N6O. The number of nitrogens with zero attached hydrogens (tertiary/aromatic N) is 5. The van der Waals surface area contributed by atoms with Crippen molar-refractivity contribution in [1.29, 1.82) is 0 Å². The Bertz CT molecular complexity index is 1220. The maximum Gasteiger partial charge on any atom is 0.165 e. The molecule has 1 aromatic carbocycles. The molecule has 33 heavy (non-hydrogen) atoms. The van der Waals surface area contributed by atoms with E-state index in [0.29, 0.717) is 11.5 Å². The largest absolute Gasteiger partial charge is 0.383 e. The third-order valence-electron chi connectivity index (χ3n) is 5.15. The van der Waals surface area contributed by atoms with Gasteiger partial charge in [0.05, 0.1) is 24.3 Å². The van der Waals surface area contributed by atoms with Gasteiger partial charge in [0.25, 0.3) is 0 Å². The van der Waals surface area contributed by atoms with Gasteiger partial charge in [0.1, 0.15) is 18.0 Å². The number of nitrogen functional groups attached to an aromatic ring is 1. The Kier molecular flexibility index (Phi) is 9.63. The lowest BCUT2D eigenvalue weighted by molar-refractivity contribution is 0.122. The molecule has 0 atom stereocenters. The number of benzene rings is 1. The quantitative estimate of drug-likeness (QED) is 0.361. The van der Waals surface area contributed by atoms with E-state index in [-0.39, 0.29) is 37.2 Å². The van der Waals surface area contributed by atoms with Gasteiger partial charge in [-0.3, -0.25) is 0 Å². The molecule has 3 aromatic heterocycles. The van der Waals surface area contributed by atoms with E-state index in [4.69, 9.17) is 15.5 Å². The highest BCUT2D eigenvalue weighted by molar-refractivity contribution is 9.10. The Balaban J connectivity index is 0.00000128. The molecule has 174 valence electrons. The van der Waals surface area contributed by atoms with E-state index in [1.807, 2.05) is 48.7 Å². The van der Waals surface area contributed by atoms with Crippen molar-refractivity contribution in [1.82, 2.24) is 19.9 Å². The summed E-state index contributed by atoms with van der Waals surface area (Å²) in [5, 5.41) is 0.747. The van der Waals surface area contributed by atoms with E-state index in [9.17, 15) is 0 Å². The van der Waals surface area contributed by atoms with Gasteiger partial charge < -0.3 is 15.4 Å². The molecule has 5 rings (SSSR count). The summed E-state index contributed by atoms with van der Waals surface area (Å²) in [6, 6.07) is 14.2. The highest BCUT2D eigenvalue weighted by Crippen LogP contribution is 2.34. The fourth-order valence-corrected chi connectivity index (χ4v) is 4.04. The van der Waals surface area contributed by atoms with E-state index >= 15 is 0 Å². The van der Waals surface area contributed by atoms with Crippen LogP contribution in [0.4, 0.5) is 11.6 Å². The van der Waals surface area contributed by atoms with Gasteiger partial charge in [-0.15, -0.1) is 37.2 Å². The normalized spacial score (nSPS) is 12.9. The minimum Gasteiger partial charge on any atom is -0.383 e. The van der Waals surface area contributed by atoms with Crippen LogP contribution in [0.3, 0.4) is 0 Å². The average molecular weight is 573 g/mol. The van der Waals surface area contributed by atoms with E-state index in [2.05, 4.69) is 35.8 Å². The standard InChI is InChI=1S/C22H19BrN6O.3ClH/c23-16-3-1-2-14(10-16)17-11-18(28-22-20(17)21(24)26-13-27-22)15-4-5-19(25-12-15)29-6-8-30-9-7-29;;;/h1-5,10-13H,6-9H2,(H2,24,26,27,28);3*1H. The lowest BCUT2D eigenvalue weighted by Crippen LogP contribution is -2.36. The van der Waals surface area contributed by atoms with Crippen LogP contribution < -0.4 is 10.6 Å². The zero-order valence-electron chi connectivity index (χ0n) is 17.3. The van der Waals surface area contributed by atoms with E-state index in [1.165, 1.54) is 6.33 Å². The van der Waals surface area contributed by atoms with Crippen molar-refractivity contribution in [3.8, 4) is 22.4 Å². The SMILES string of the molecule is Cl.Cl.Cl.Nc1ncnc2nc(-c3ccc(N4CCOCC4)nc3)cc(-c3cccc(Br)c3)c12. The molecule has 0 saturated carbocycles. The van der Waals surface area contributed by atoms with Gasteiger partial charge in [0.15, 0.2) is 5.65 Å². The zero-order valence-corrected chi connectivity index (χ0v) is 21.4. The number of rotatable bonds is 3. The van der Waals surface area contributed by atoms with Gasteiger partial charge in [-0.1, -0.05) is 28.1 Å². The van der Waals surface area contributed by atoms with Crippen molar-refractivity contribution in [2.24, 2.45) is 0 Å². The van der Waals surface area contributed by atoms with Crippen LogP contribution in [0.15, 0.2) is 59.5 Å². The van der Waals surface area contributed by atoms with E-state index < -0.39 is 0 Å². The summed E-state index contributed by atoms with van der Waals surface area (Å²) in [6.45, 7) is 3.16. The molecular weight excluding hydrogens is 551 g/mol. The van der Waals surface area contributed by atoms with Crippen molar-refractivity contribution in [3.05, 3.63) is 59.5 Å². The summed E-state index contributed by atoms with van der Waals surface area (Å²) in [5.74, 6) is 1.36. The second-order valence-corrected chi connectivity index (χ2v) is 7.94. The lowest BCUT2D eigenvalue weighted by atomic mass is 10.0. The van der Waals surface area contributed by atoms with Gasteiger partial charge in [-0.25, -0.2) is 19.9 Å². The number of nitrogens with two attached hydrogens (primary N) is 1. The summed E-state index contributed by atoms with van der Waals surface area (Å²) >= 11 is 3.55. The van der Waals surface area contributed by atoms with Crippen LogP contribution in [0.25, 0.3) is 33.4 Å². The monoisotopic (exact) mass is 570 g/mol. The smallest absolute Gasteiger partial charge is 0.165 e. The van der Waals surface area contributed by atoms with Gasteiger partial charge >= 0.3 is 0 Å². The molecule has 0 amide bonds. The Morgan fingerprint density at radius 1 is 0.909 bits per heavy atom. The number of halogens is 4. The molecule has 11 heteroatoms. The van der Waals surface area contributed by atoms with Gasteiger partial charge in [0.2, 0.25) is 0 Å². The van der Waals surface area contributed by atoms with E-state index in [1.54, 1.807) is 0 Å². The van der Waals surface area contributed by atoms with Crippen molar-refractivity contribution in [2.45, 2.75) is 0 Å². The summed E-state index contributed by atoms with van der Waals surface area (Å²) in [4.78, 5) is 20.2. The van der Waals surface area contributed by atoms with Crippen LogP contribution in [0.1, 0.15) is 0 Å². The number of hydrogen-bond acceptors (Lipinski definition) is 7. The average Bonchev–Trinajstić information content (AvgIpc) is 2.79. The molecule has 4 aromatic rings. The second kappa shape index (κ2) is 11.8. The van der Waals surface area contributed by atoms with Crippen LogP contribution in [-0.4, -0.2) is 46.2 Å². The molecule has 1 saturated heterocycles. The minimum absolute atomic E-state index is 0. The predicted octanol–water partition coefficient (Wildman–Crippen LogP) is 5.20. The minimum atomic E-state index is 0. The highest BCUT2D eigenvalue weighted by Gasteiger charge is 2.16. The van der Waals surface area contributed by atoms with E-state index in [0.717, 1.165) is 64.4 Å². The van der Waals surface area contributed by atoms with Crippen LogP contribution in [0.2, 0.25) is 0 Å². The topological polar surface area (TPSA) is 90.0 Å². The lowest BCUT2D eigenvalue weighted by Gasteiger charge is -2.27. The Labute approximate surface area is 218 Å². The number of aromatic nitrogens is 4. The summed E-state index contributed by atoms with van der Waals surface area (Å²) in [7, 11) is 0. The van der Waals surface area contributed by atoms with Crippen LogP contribution in [0, 0.1) is 0 Å². The summed E-state index contributed by atoms with van der Waals surface area (Å²) in [6.07, 6.45) is 3.30. The Morgan fingerprint density at radius 3 is 2.39 bits per heavy atom. The second-order valence-electron chi connectivity index (χ2n) is 7.03. The molecule has 0 bridgehead atoms. The van der Waals surface area contributed by atoms with Crippen LogP contribution in [0.5, 0.6) is 0 Å². The molecule has 0 aliphatic carbocycles. The first-order valence-electron chi connectivity index (χ1n) is 9.65. The molecule has 2 N–H and O–H groups in total. The molecule has 7 nitrogen and oxygen atoms in total. The molecule has 0 radical (unpaired) electrons. The Morgan fingerprint density at radius 2 is 1.70 bits per heavy atom. The van der Waals surface area contributed by atoms with Crippen molar-refractivity contribution >= 4 is 75.8 Å². The van der Waals surface area contributed by atoms with Crippen molar-refractivity contribution < 1.29 is 4.74 Å².